The molecular formula is C10H13N3O5S2. The molecule has 0 radical (unpaired) electrons. The molecular weight excluding hydrogens is 306 g/mol. The maximum atomic E-state index is 11.9. The number of aromatic nitrogens is 1. The Balaban J connectivity index is 1.98. The zero-order valence-electron chi connectivity index (χ0n) is 10.3. The van der Waals surface area contributed by atoms with Crippen molar-refractivity contribution < 1.29 is 21.6 Å². The third-order valence-electron chi connectivity index (χ3n) is 2.88. The summed E-state index contributed by atoms with van der Waals surface area (Å²) in [5.74, 6) is -1.22. The topological polar surface area (TPSA) is 122 Å². The van der Waals surface area contributed by atoms with Gasteiger partial charge in [-0.3, -0.25) is 15.2 Å². The number of amides is 1. The molecule has 1 aliphatic rings. The summed E-state index contributed by atoms with van der Waals surface area (Å²) in [5.41, 5.74) is 2.28. The molecule has 1 fully saturated rings. The molecule has 0 aromatic carbocycles. The lowest BCUT2D eigenvalue weighted by atomic mass is 10.3. The highest BCUT2D eigenvalue weighted by molar-refractivity contribution is 7.95. The fraction of sp³-hybridized carbons (Fsp3) is 0.400. The lowest BCUT2D eigenvalue weighted by Crippen LogP contribution is -2.46. The smallest absolute Gasteiger partial charge is 0.266 e. The van der Waals surface area contributed by atoms with Crippen molar-refractivity contribution in [1.82, 2.24) is 15.2 Å². The molecule has 0 unspecified atom stereocenters. The maximum absolute atomic E-state index is 11.9. The first-order chi connectivity index (χ1) is 9.30. The number of sulfonamides is 1. The summed E-state index contributed by atoms with van der Waals surface area (Å²) in [6.45, 7) is 0. The molecule has 0 saturated carbocycles. The summed E-state index contributed by atoms with van der Waals surface area (Å²) >= 11 is 0. The number of sulfone groups is 1. The van der Waals surface area contributed by atoms with Gasteiger partial charge in [-0.25, -0.2) is 16.8 Å². The SMILES string of the molecule is O=C(NNS(=O)(=O)[C@@H]1CCS(=O)(=O)C1)c1ccncc1. The van der Waals surface area contributed by atoms with Crippen molar-refractivity contribution in [2.24, 2.45) is 0 Å². The van der Waals surface area contributed by atoms with Crippen LogP contribution in [-0.2, 0) is 19.9 Å². The Kier molecular flexibility index (Phi) is 4.06. The van der Waals surface area contributed by atoms with E-state index in [0.717, 1.165) is 0 Å². The third-order valence-corrected chi connectivity index (χ3v) is 6.52. The number of rotatable bonds is 4. The normalized spacial score (nSPS) is 21.5. The minimum atomic E-state index is -3.91. The first-order valence-electron chi connectivity index (χ1n) is 5.71. The van der Waals surface area contributed by atoms with Gasteiger partial charge in [-0.05, 0) is 18.6 Å². The van der Waals surface area contributed by atoms with Gasteiger partial charge in [-0.1, -0.05) is 0 Å². The molecule has 1 aliphatic heterocycles. The number of carbonyl (C=O) groups is 1. The first kappa shape index (κ1) is 14.9. The number of hydrogen-bond donors (Lipinski definition) is 2. The van der Waals surface area contributed by atoms with Crippen LogP contribution in [0.25, 0.3) is 0 Å². The Morgan fingerprint density at radius 3 is 2.50 bits per heavy atom. The van der Waals surface area contributed by atoms with E-state index in [0.29, 0.717) is 0 Å². The highest BCUT2D eigenvalue weighted by Crippen LogP contribution is 2.17. The highest BCUT2D eigenvalue weighted by atomic mass is 32.2. The van der Waals surface area contributed by atoms with E-state index in [-0.39, 0.29) is 17.7 Å². The van der Waals surface area contributed by atoms with Crippen LogP contribution in [0.3, 0.4) is 0 Å². The van der Waals surface area contributed by atoms with Gasteiger partial charge < -0.3 is 0 Å². The lowest BCUT2D eigenvalue weighted by molar-refractivity contribution is 0.0945. The highest BCUT2D eigenvalue weighted by Gasteiger charge is 2.37. The fourth-order valence-corrected chi connectivity index (χ4v) is 5.64. The molecule has 1 aromatic heterocycles. The Hall–Kier alpha value is -1.52. The molecule has 1 amide bonds. The van der Waals surface area contributed by atoms with E-state index in [1.165, 1.54) is 24.5 Å². The van der Waals surface area contributed by atoms with E-state index in [1.807, 2.05) is 10.3 Å². The van der Waals surface area contributed by atoms with Gasteiger partial charge in [0, 0.05) is 18.0 Å². The van der Waals surface area contributed by atoms with Crippen LogP contribution in [0.5, 0.6) is 0 Å². The van der Waals surface area contributed by atoms with Gasteiger partial charge in [0.15, 0.2) is 9.84 Å². The minimum absolute atomic E-state index is 0.0305. The van der Waals surface area contributed by atoms with E-state index >= 15 is 0 Å². The van der Waals surface area contributed by atoms with Gasteiger partial charge in [-0.2, -0.15) is 0 Å². The molecule has 1 saturated heterocycles. The van der Waals surface area contributed by atoms with Gasteiger partial charge in [-0.15, -0.1) is 4.83 Å². The van der Waals surface area contributed by atoms with Crippen LogP contribution in [-0.4, -0.2) is 44.5 Å². The van der Waals surface area contributed by atoms with E-state index in [9.17, 15) is 21.6 Å². The number of nitrogens with zero attached hydrogens (tertiary/aromatic N) is 1. The molecule has 0 spiro atoms. The Labute approximate surface area is 116 Å². The van der Waals surface area contributed by atoms with Gasteiger partial charge in [0.25, 0.3) is 5.91 Å². The molecule has 0 aliphatic carbocycles. The average Bonchev–Trinajstić information content (AvgIpc) is 2.78. The molecule has 10 heteroatoms. The average molecular weight is 319 g/mol. The van der Waals surface area contributed by atoms with Gasteiger partial charge in [0.1, 0.15) is 0 Å². The van der Waals surface area contributed by atoms with Gasteiger partial charge in [0.2, 0.25) is 10.0 Å². The van der Waals surface area contributed by atoms with Crippen LogP contribution in [0.15, 0.2) is 24.5 Å². The van der Waals surface area contributed by atoms with Crippen molar-refractivity contribution in [1.29, 1.82) is 0 Å². The first-order valence-corrected chi connectivity index (χ1v) is 9.08. The third kappa shape index (κ3) is 3.52. The maximum Gasteiger partial charge on any atom is 0.266 e. The Morgan fingerprint density at radius 1 is 1.30 bits per heavy atom. The number of nitrogens with one attached hydrogen (secondary N) is 2. The molecule has 2 heterocycles. The van der Waals surface area contributed by atoms with Crippen LogP contribution in [0, 0.1) is 0 Å². The molecule has 8 nitrogen and oxygen atoms in total. The van der Waals surface area contributed by atoms with Crippen LogP contribution >= 0.6 is 0 Å². The molecule has 1 atom stereocenters. The van der Waals surface area contributed by atoms with E-state index < -0.39 is 36.8 Å². The van der Waals surface area contributed by atoms with Crippen LogP contribution in [0.2, 0.25) is 0 Å². The molecule has 2 rings (SSSR count). The van der Waals surface area contributed by atoms with Crippen molar-refractivity contribution in [2.75, 3.05) is 11.5 Å². The monoisotopic (exact) mass is 319 g/mol. The summed E-state index contributed by atoms with van der Waals surface area (Å²) in [6, 6.07) is 2.84. The predicted octanol–water partition coefficient (Wildman–Crippen LogP) is -1.17. The molecule has 110 valence electrons. The number of hydrogen-bond acceptors (Lipinski definition) is 6. The van der Waals surface area contributed by atoms with Crippen molar-refractivity contribution in [3.63, 3.8) is 0 Å². The zero-order valence-corrected chi connectivity index (χ0v) is 11.9. The molecule has 0 bridgehead atoms. The van der Waals surface area contributed by atoms with Crippen molar-refractivity contribution in [3.05, 3.63) is 30.1 Å². The van der Waals surface area contributed by atoms with Crippen molar-refractivity contribution >= 4 is 25.8 Å². The summed E-state index contributed by atoms with van der Waals surface area (Å²) < 4.78 is 46.2. The van der Waals surface area contributed by atoms with Crippen molar-refractivity contribution in [2.45, 2.75) is 11.7 Å². The quantitative estimate of drug-likeness (QED) is 0.675. The molecule has 20 heavy (non-hydrogen) atoms. The summed E-state index contributed by atoms with van der Waals surface area (Å²) in [5, 5.41) is -1.04. The standard InChI is InChI=1S/C10H13N3O5S2/c14-10(8-1-4-11-5-2-8)12-13-20(17,18)9-3-6-19(15,16)7-9/h1-2,4-5,9,13H,3,6-7H2,(H,12,14)/t9-/m1/s1. The lowest BCUT2D eigenvalue weighted by Gasteiger charge is -2.12. The second-order valence-corrected chi connectivity index (χ2v) is 8.55. The van der Waals surface area contributed by atoms with Crippen LogP contribution < -0.4 is 10.3 Å². The molecule has 1 aromatic rings. The number of carbonyl (C=O) groups excluding carboxylic acids is 1. The predicted molar refractivity (Wildman–Crippen MR) is 70.8 cm³/mol. The van der Waals surface area contributed by atoms with Gasteiger partial charge >= 0.3 is 0 Å². The number of pyridine rings is 1. The number of hydrazine groups is 1. The van der Waals surface area contributed by atoms with Crippen molar-refractivity contribution in [3.8, 4) is 0 Å². The largest absolute Gasteiger partial charge is 0.274 e. The fourth-order valence-electron chi connectivity index (χ4n) is 1.78. The van der Waals surface area contributed by atoms with Crippen LogP contribution in [0.1, 0.15) is 16.8 Å². The van der Waals surface area contributed by atoms with E-state index in [1.54, 1.807) is 0 Å². The van der Waals surface area contributed by atoms with Gasteiger partial charge in [0.05, 0.1) is 16.8 Å². The summed E-state index contributed by atoms with van der Waals surface area (Å²) in [4.78, 5) is 17.3. The zero-order chi connectivity index (χ0) is 14.8. The second kappa shape index (κ2) is 5.46. The van der Waals surface area contributed by atoms with E-state index in [4.69, 9.17) is 0 Å². The summed E-state index contributed by atoms with van der Waals surface area (Å²) in [6.07, 6.45) is 2.82. The Bertz CT molecular complexity index is 700. The Morgan fingerprint density at radius 2 is 1.95 bits per heavy atom. The van der Waals surface area contributed by atoms with E-state index in [2.05, 4.69) is 4.98 Å². The molecule has 2 N–H and O–H groups in total. The van der Waals surface area contributed by atoms with Crippen LogP contribution in [0.4, 0.5) is 0 Å². The second-order valence-electron chi connectivity index (χ2n) is 4.36. The minimum Gasteiger partial charge on any atom is -0.274 e. The summed E-state index contributed by atoms with van der Waals surface area (Å²) in [7, 11) is -7.22.